The van der Waals surface area contributed by atoms with Gasteiger partial charge in [0.05, 0.1) is 0 Å². The summed E-state index contributed by atoms with van der Waals surface area (Å²) in [4.78, 5) is 3.71. The number of thioether (sulfide) groups is 1. The van der Waals surface area contributed by atoms with Crippen molar-refractivity contribution in [1.82, 2.24) is 0 Å². The predicted octanol–water partition coefficient (Wildman–Crippen LogP) is 13.4. The summed E-state index contributed by atoms with van der Waals surface area (Å²) in [6, 6.07) is 49.6. The van der Waals surface area contributed by atoms with E-state index in [2.05, 4.69) is 184 Å². The zero-order valence-corrected chi connectivity index (χ0v) is 29.9. The van der Waals surface area contributed by atoms with Crippen molar-refractivity contribution in [1.29, 1.82) is 0 Å². The van der Waals surface area contributed by atoms with E-state index in [1.165, 1.54) is 77.6 Å². The number of anilines is 3. The van der Waals surface area contributed by atoms with Gasteiger partial charge in [0.1, 0.15) is 0 Å². The molecule has 0 radical (unpaired) electrons. The van der Waals surface area contributed by atoms with E-state index in [9.17, 15) is 0 Å². The van der Waals surface area contributed by atoms with Crippen molar-refractivity contribution < 1.29 is 0 Å². The first kappa shape index (κ1) is 31.5. The van der Waals surface area contributed by atoms with Gasteiger partial charge >= 0.3 is 0 Å². The first-order chi connectivity index (χ1) is 23.9. The lowest BCUT2D eigenvalue weighted by molar-refractivity contribution is 0.490. The molecular weight excluding hydrogens is 611 g/mol. The molecule has 0 saturated heterocycles. The van der Waals surface area contributed by atoms with Crippen LogP contribution >= 0.6 is 11.8 Å². The third kappa shape index (κ3) is 5.08. The van der Waals surface area contributed by atoms with Crippen LogP contribution in [0.15, 0.2) is 138 Å². The Morgan fingerprint density at radius 3 is 1.53 bits per heavy atom. The van der Waals surface area contributed by atoms with E-state index in [1.54, 1.807) is 0 Å². The van der Waals surface area contributed by atoms with Crippen LogP contribution in [0.4, 0.5) is 17.1 Å². The molecule has 0 amide bonds. The molecule has 242 valence electrons. The summed E-state index contributed by atoms with van der Waals surface area (Å²) in [6.45, 7) is 9.45. The molecule has 8 rings (SSSR count). The van der Waals surface area contributed by atoms with Crippen LogP contribution in [0.5, 0.6) is 0 Å². The molecule has 2 aliphatic carbocycles. The van der Waals surface area contributed by atoms with Crippen molar-refractivity contribution in [3.63, 3.8) is 0 Å². The molecule has 0 fully saturated rings. The Hall–Kier alpha value is -4.79. The lowest BCUT2D eigenvalue weighted by Gasteiger charge is -2.32. The van der Waals surface area contributed by atoms with Crippen molar-refractivity contribution in [2.75, 3.05) is 11.2 Å². The Morgan fingerprint density at radius 2 is 0.980 bits per heavy atom. The molecule has 0 spiro atoms. The van der Waals surface area contributed by atoms with Crippen LogP contribution in [0.1, 0.15) is 73.9 Å². The molecule has 2 aliphatic rings. The van der Waals surface area contributed by atoms with Gasteiger partial charge in [-0.2, -0.15) is 0 Å². The lowest BCUT2D eigenvalue weighted by atomic mass is 9.73. The maximum absolute atomic E-state index is 2.46. The van der Waals surface area contributed by atoms with E-state index >= 15 is 0 Å². The van der Waals surface area contributed by atoms with E-state index in [4.69, 9.17) is 0 Å². The lowest BCUT2D eigenvalue weighted by Crippen LogP contribution is -2.23. The Kier molecular flexibility index (Phi) is 7.88. The highest BCUT2D eigenvalue weighted by molar-refractivity contribution is 7.98. The fourth-order valence-corrected chi connectivity index (χ4v) is 8.95. The van der Waals surface area contributed by atoms with Crippen LogP contribution < -0.4 is 4.90 Å². The third-order valence-electron chi connectivity index (χ3n) is 11.2. The largest absolute Gasteiger partial charge is 0.310 e. The number of rotatable bonds is 8. The van der Waals surface area contributed by atoms with Crippen molar-refractivity contribution in [3.8, 4) is 22.3 Å². The number of para-hydroxylation sites is 2. The Bertz CT molecular complexity index is 2170. The summed E-state index contributed by atoms with van der Waals surface area (Å²) < 4.78 is 0. The van der Waals surface area contributed by atoms with Crippen molar-refractivity contribution in [2.24, 2.45) is 0 Å². The second kappa shape index (κ2) is 12.3. The molecule has 6 aromatic rings. The molecule has 0 saturated carbocycles. The maximum Gasteiger partial charge on any atom is 0.0465 e. The highest BCUT2D eigenvalue weighted by atomic mass is 32.2. The zero-order valence-electron chi connectivity index (χ0n) is 29.1. The highest BCUT2D eigenvalue weighted by Gasteiger charge is 2.41. The molecule has 0 aliphatic heterocycles. The minimum atomic E-state index is -0.0391. The molecule has 0 N–H and O–H groups in total. The minimum absolute atomic E-state index is 0.0170. The molecule has 0 aromatic heterocycles. The van der Waals surface area contributed by atoms with Gasteiger partial charge in [0.2, 0.25) is 0 Å². The van der Waals surface area contributed by atoms with E-state index in [-0.39, 0.29) is 10.8 Å². The molecule has 1 nitrogen and oxygen atoms in total. The molecule has 0 atom stereocenters. The van der Waals surface area contributed by atoms with Gasteiger partial charge < -0.3 is 4.90 Å². The standard InChI is InChI=1S/C47H43NS/c1-6-47(7-2)44-29-33(19-18-32-20-24-38-39-27-23-37(49-5)31-43(39)46(3,4)42(38)28-32)21-25-40(44)41-26-22-36(30-45(41)47)48(34-14-10-8-11-15-34)35-16-12-9-13-17-35/h8-31H,6-7H2,1-5H3/b19-18+. The first-order valence-electron chi connectivity index (χ1n) is 17.6. The summed E-state index contributed by atoms with van der Waals surface area (Å²) in [6.07, 6.45) is 8.86. The Morgan fingerprint density at radius 1 is 0.510 bits per heavy atom. The van der Waals surface area contributed by atoms with Gasteiger partial charge in [-0.3, -0.25) is 0 Å². The highest BCUT2D eigenvalue weighted by Crippen LogP contribution is 2.55. The molecule has 2 heteroatoms. The Labute approximate surface area is 296 Å². The maximum atomic E-state index is 2.46. The predicted molar refractivity (Wildman–Crippen MR) is 213 cm³/mol. The van der Waals surface area contributed by atoms with Gasteiger partial charge in [-0.25, -0.2) is 0 Å². The SMILES string of the molecule is CCC1(CC)c2cc(/C=C/c3ccc4c(c3)C(C)(C)c3cc(SC)ccc3-4)ccc2-c2ccc(N(c3ccccc3)c3ccccc3)cc21. The zero-order chi connectivity index (χ0) is 33.8. The van der Waals surface area contributed by atoms with Gasteiger partial charge in [0, 0.05) is 32.8 Å². The molecule has 0 bridgehead atoms. The van der Waals surface area contributed by atoms with E-state index < -0.39 is 0 Å². The number of benzene rings is 6. The third-order valence-corrected chi connectivity index (χ3v) is 12.0. The molecule has 6 aromatic carbocycles. The normalized spacial score (nSPS) is 14.7. The van der Waals surface area contributed by atoms with Crippen LogP contribution in [0.25, 0.3) is 34.4 Å². The molecule has 49 heavy (non-hydrogen) atoms. The Balaban J connectivity index is 1.15. The topological polar surface area (TPSA) is 3.24 Å². The minimum Gasteiger partial charge on any atom is -0.310 e. The van der Waals surface area contributed by atoms with Crippen LogP contribution in [0.2, 0.25) is 0 Å². The number of nitrogens with zero attached hydrogens (tertiary/aromatic N) is 1. The van der Waals surface area contributed by atoms with E-state index in [1.807, 2.05) is 11.8 Å². The average molecular weight is 654 g/mol. The molecule has 0 heterocycles. The second-order valence-corrected chi connectivity index (χ2v) is 14.9. The van der Waals surface area contributed by atoms with Gasteiger partial charge in [0.15, 0.2) is 0 Å². The van der Waals surface area contributed by atoms with Gasteiger partial charge in [0.25, 0.3) is 0 Å². The summed E-state index contributed by atoms with van der Waals surface area (Å²) >= 11 is 1.82. The quantitative estimate of drug-likeness (QED) is 0.119. The van der Waals surface area contributed by atoms with Crippen LogP contribution in [-0.4, -0.2) is 6.26 Å². The molecule has 0 unspecified atom stereocenters. The second-order valence-electron chi connectivity index (χ2n) is 14.0. The van der Waals surface area contributed by atoms with Gasteiger partial charge in [-0.15, -0.1) is 11.8 Å². The smallest absolute Gasteiger partial charge is 0.0465 e. The van der Waals surface area contributed by atoms with Crippen molar-refractivity contribution in [2.45, 2.75) is 56.3 Å². The summed E-state index contributed by atoms with van der Waals surface area (Å²) in [5, 5.41) is 0. The summed E-state index contributed by atoms with van der Waals surface area (Å²) in [5.41, 5.74) is 17.2. The average Bonchev–Trinajstić information content (AvgIpc) is 3.55. The van der Waals surface area contributed by atoms with E-state index in [0.717, 1.165) is 12.8 Å². The van der Waals surface area contributed by atoms with Crippen LogP contribution in [0, 0.1) is 0 Å². The number of hydrogen-bond donors (Lipinski definition) is 0. The summed E-state index contributed by atoms with van der Waals surface area (Å²) in [5.74, 6) is 0. The summed E-state index contributed by atoms with van der Waals surface area (Å²) in [7, 11) is 0. The number of hydrogen-bond acceptors (Lipinski definition) is 2. The van der Waals surface area contributed by atoms with Gasteiger partial charge in [-0.1, -0.05) is 125 Å². The first-order valence-corrected chi connectivity index (χ1v) is 18.8. The van der Waals surface area contributed by atoms with Crippen molar-refractivity contribution in [3.05, 3.63) is 167 Å². The monoisotopic (exact) mass is 653 g/mol. The van der Waals surface area contributed by atoms with Crippen LogP contribution in [-0.2, 0) is 10.8 Å². The fraction of sp³-hybridized carbons (Fsp3) is 0.191. The van der Waals surface area contributed by atoms with Gasteiger partial charge in [-0.05, 0) is 123 Å². The molecular formula is C47H43NS. The van der Waals surface area contributed by atoms with Crippen LogP contribution in [0.3, 0.4) is 0 Å². The fourth-order valence-electron chi connectivity index (χ4n) is 8.51. The number of fused-ring (bicyclic) bond motifs is 6. The van der Waals surface area contributed by atoms with E-state index in [0.29, 0.717) is 0 Å². The van der Waals surface area contributed by atoms with Crippen molar-refractivity contribution >= 4 is 41.0 Å².